The highest BCUT2D eigenvalue weighted by atomic mass is 16.5. The molecule has 2 heterocycles. The van der Waals surface area contributed by atoms with E-state index in [-0.39, 0.29) is 5.60 Å². The molecule has 16 heavy (non-hydrogen) atoms. The minimum atomic E-state index is -0.0118. The molecule has 3 atom stereocenters. The average molecular weight is 227 g/mol. The largest absolute Gasteiger partial charge is 0.383 e. The van der Waals surface area contributed by atoms with Gasteiger partial charge in [-0.05, 0) is 40.0 Å². The zero-order valence-corrected chi connectivity index (χ0v) is 11.0. The summed E-state index contributed by atoms with van der Waals surface area (Å²) in [5, 5.41) is 0. The molecule has 2 saturated heterocycles. The van der Waals surface area contributed by atoms with Crippen LogP contribution in [-0.2, 0) is 9.47 Å². The van der Waals surface area contributed by atoms with Crippen molar-refractivity contribution in [1.29, 1.82) is 0 Å². The third-order valence-electron chi connectivity index (χ3n) is 3.68. The Kier molecular flexibility index (Phi) is 3.57. The molecule has 0 aromatic heterocycles. The van der Waals surface area contributed by atoms with Crippen LogP contribution in [0, 0.1) is 0 Å². The van der Waals surface area contributed by atoms with Crippen LogP contribution in [0.2, 0.25) is 0 Å². The molecule has 94 valence electrons. The second kappa shape index (κ2) is 4.63. The van der Waals surface area contributed by atoms with Crippen LogP contribution in [0.25, 0.3) is 0 Å². The molecule has 2 aliphatic heterocycles. The second-order valence-corrected chi connectivity index (χ2v) is 6.03. The highest BCUT2D eigenvalue weighted by molar-refractivity contribution is 5.01. The van der Waals surface area contributed by atoms with Crippen molar-refractivity contribution >= 4 is 0 Å². The lowest BCUT2D eigenvalue weighted by Gasteiger charge is -2.30. The lowest BCUT2D eigenvalue weighted by atomic mass is 9.97. The first-order chi connectivity index (χ1) is 7.51. The van der Waals surface area contributed by atoms with E-state index in [1.54, 1.807) is 7.11 Å². The fourth-order valence-corrected chi connectivity index (χ4v) is 3.17. The molecule has 0 aliphatic carbocycles. The normalized spacial score (nSPS) is 34.9. The lowest BCUT2D eigenvalue weighted by molar-refractivity contribution is -0.0742. The van der Waals surface area contributed by atoms with Crippen LogP contribution in [0.4, 0.5) is 0 Å². The first-order valence-corrected chi connectivity index (χ1v) is 6.44. The van der Waals surface area contributed by atoms with Crippen molar-refractivity contribution in [2.45, 2.75) is 63.8 Å². The molecule has 3 heteroatoms. The quantitative estimate of drug-likeness (QED) is 0.734. The number of hydrogen-bond acceptors (Lipinski definition) is 3. The Balaban J connectivity index is 1.91. The molecule has 0 N–H and O–H groups in total. The SMILES string of the molecule is COCCN1C2CCC1C(OC(C)(C)C)C2. The van der Waals surface area contributed by atoms with Crippen LogP contribution in [0.15, 0.2) is 0 Å². The summed E-state index contributed by atoms with van der Waals surface area (Å²) in [6.07, 6.45) is 4.30. The zero-order chi connectivity index (χ0) is 11.8. The number of hydrogen-bond donors (Lipinski definition) is 0. The molecule has 0 saturated carbocycles. The van der Waals surface area contributed by atoms with Gasteiger partial charge in [-0.1, -0.05) is 0 Å². The topological polar surface area (TPSA) is 21.7 Å². The van der Waals surface area contributed by atoms with E-state index in [0.29, 0.717) is 12.1 Å². The third-order valence-corrected chi connectivity index (χ3v) is 3.68. The Morgan fingerprint density at radius 1 is 1.25 bits per heavy atom. The maximum absolute atomic E-state index is 6.16. The Bertz CT molecular complexity index is 237. The van der Waals surface area contributed by atoms with Gasteiger partial charge < -0.3 is 9.47 Å². The molecular formula is C13H25NO2. The van der Waals surface area contributed by atoms with E-state index >= 15 is 0 Å². The van der Waals surface area contributed by atoms with Gasteiger partial charge in [0.1, 0.15) is 0 Å². The Hall–Kier alpha value is -0.120. The maximum atomic E-state index is 6.16. The number of fused-ring (bicyclic) bond motifs is 2. The summed E-state index contributed by atoms with van der Waals surface area (Å²) in [6, 6.07) is 1.38. The number of nitrogens with zero attached hydrogens (tertiary/aromatic N) is 1. The van der Waals surface area contributed by atoms with Crippen LogP contribution in [0.3, 0.4) is 0 Å². The molecule has 0 spiro atoms. The highest BCUT2D eigenvalue weighted by Gasteiger charge is 2.47. The number of methoxy groups -OCH3 is 1. The summed E-state index contributed by atoms with van der Waals surface area (Å²) >= 11 is 0. The molecule has 2 bridgehead atoms. The van der Waals surface area contributed by atoms with E-state index < -0.39 is 0 Å². The molecular weight excluding hydrogens is 202 g/mol. The van der Waals surface area contributed by atoms with Crippen LogP contribution >= 0.6 is 0 Å². The minimum absolute atomic E-state index is 0.0118. The molecule has 2 aliphatic rings. The van der Waals surface area contributed by atoms with Gasteiger partial charge in [0.2, 0.25) is 0 Å². The smallest absolute Gasteiger partial charge is 0.0752 e. The van der Waals surface area contributed by atoms with Gasteiger partial charge in [0.05, 0.1) is 18.3 Å². The lowest BCUT2D eigenvalue weighted by Crippen LogP contribution is -2.38. The second-order valence-electron chi connectivity index (χ2n) is 6.03. The Morgan fingerprint density at radius 3 is 2.62 bits per heavy atom. The van der Waals surface area contributed by atoms with Crippen LogP contribution < -0.4 is 0 Å². The molecule has 2 fully saturated rings. The maximum Gasteiger partial charge on any atom is 0.0752 e. The highest BCUT2D eigenvalue weighted by Crippen LogP contribution is 2.40. The van der Waals surface area contributed by atoms with Gasteiger partial charge in [0.25, 0.3) is 0 Å². The first-order valence-electron chi connectivity index (χ1n) is 6.44. The van der Waals surface area contributed by atoms with Crippen molar-refractivity contribution < 1.29 is 9.47 Å². The van der Waals surface area contributed by atoms with E-state index in [1.165, 1.54) is 19.3 Å². The molecule has 0 aromatic carbocycles. The first kappa shape index (κ1) is 12.3. The molecule has 0 radical (unpaired) electrons. The van der Waals surface area contributed by atoms with Crippen LogP contribution in [0.1, 0.15) is 40.0 Å². The van der Waals surface area contributed by atoms with Gasteiger partial charge in [0, 0.05) is 25.7 Å². The summed E-state index contributed by atoms with van der Waals surface area (Å²) in [5.74, 6) is 0. The van der Waals surface area contributed by atoms with Crippen molar-refractivity contribution in [2.75, 3.05) is 20.3 Å². The van der Waals surface area contributed by atoms with Crippen molar-refractivity contribution in [3.8, 4) is 0 Å². The Labute approximate surface area is 99.1 Å². The minimum Gasteiger partial charge on any atom is -0.383 e. The van der Waals surface area contributed by atoms with Crippen molar-refractivity contribution in [1.82, 2.24) is 4.90 Å². The van der Waals surface area contributed by atoms with Crippen LogP contribution in [-0.4, -0.2) is 49.0 Å². The fraction of sp³-hybridized carbons (Fsp3) is 1.00. The van der Waals surface area contributed by atoms with Gasteiger partial charge in [-0.3, -0.25) is 4.90 Å². The molecule has 0 amide bonds. The van der Waals surface area contributed by atoms with Gasteiger partial charge in [-0.15, -0.1) is 0 Å². The summed E-state index contributed by atoms with van der Waals surface area (Å²) in [4.78, 5) is 2.60. The van der Waals surface area contributed by atoms with E-state index in [4.69, 9.17) is 9.47 Å². The number of rotatable bonds is 4. The molecule has 3 nitrogen and oxygen atoms in total. The van der Waals surface area contributed by atoms with Gasteiger partial charge >= 0.3 is 0 Å². The fourth-order valence-electron chi connectivity index (χ4n) is 3.17. The summed E-state index contributed by atoms with van der Waals surface area (Å²) in [7, 11) is 1.78. The molecule has 3 unspecified atom stereocenters. The predicted octanol–water partition coefficient (Wildman–Crippen LogP) is 2.05. The number of ether oxygens (including phenoxy) is 2. The van der Waals surface area contributed by atoms with Gasteiger partial charge in [-0.25, -0.2) is 0 Å². The summed E-state index contributed by atoms with van der Waals surface area (Å²) in [5.41, 5.74) is -0.0118. The van der Waals surface area contributed by atoms with Crippen molar-refractivity contribution in [3.05, 3.63) is 0 Å². The van der Waals surface area contributed by atoms with E-state index in [1.807, 2.05) is 0 Å². The average Bonchev–Trinajstić information content (AvgIpc) is 2.68. The monoisotopic (exact) mass is 227 g/mol. The predicted molar refractivity (Wildman–Crippen MR) is 64.6 cm³/mol. The van der Waals surface area contributed by atoms with Gasteiger partial charge in [-0.2, -0.15) is 0 Å². The third kappa shape index (κ3) is 2.58. The summed E-state index contributed by atoms with van der Waals surface area (Å²) < 4.78 is 11.3. The molecule has 2 rings (SSSR count). The Morgan fingerprint density at radius 2 is 2.00 bits per heavy atom. The molecule has 0 aromatic rings. The van der Waals surface area contributed by atoms with E-state index in [0.717, 1.165) is 19.2 Å². The van der Waals surface area contributed by atoms with E-state index in [9.17, 15) is 0 Å². The van der Waals surface area contributed by atoms with E-state index in [2.05, 4.69) is 25.7 Å². The van der Waals surface area contributed by atoms with Crippen LogP contribution in [0.5, 0.6) is 0 Å². The summed E-state index contributed by atoms with van der Waals surface area (Å²) in [6.45, 7) is 8.36. The van der Waals surface area contributed by atoms with Crippen molar-refractivity contribution in [3.63, 3.8) is 0 Å². The standard InChI is InChI=1S/C13H25NO2/c1-13(2,3)16-12-9-10-5-6-11(12)14(10)7-8-15-4/h10-12H,5-9H2,1-4H3. The zero-order valence-electron chi connectivity index (χ0n) is 11.0. The van der Waals surface area contributed by atoms with Crippen molar-refractivity contribution in [2.24, 2.45) is 0 Å². The van der Waals surface area contributed by atoms with Gasteiger partial charge in [0.15, 0.2) is 0 Å².